The largest absolute Gasteiger partial charge is 0.290 e. The number of hydrazine groups is 1. The number of hydrogen-bond acceptors (Lipinski definition) is 6. The van der Waals surface area contributed by atoms with E-state index in [1.807, 2.05) is 5.43 Å². The van der Waals surface area contributed by atoms with Gasteiger partial charge in [-0.25, -0.2) is 5.84 Å². The molecule has 3 N–H and O–H groups in total. The van der Waals surface area contributed by atoms with Crippen molar-refractivity contribution in [2.45, 2.75) is 0 Å². The molecule has 0 bridgehead atoms. The number of benzene rings is 2. The van der Waals surface area contributed by atoms with Gasteiger partial charge in [0.2, 0.25) is 0 Å². The summed E-state index contributed by atoms with van der Waals surface area (Å²) >= 11 is 0. The Labute approximate surface area is 123 Å². The average molecular weight is 302 g/mol. The second-order valence-electron chi connectivity index (χ2n) is 4.27. The highest BCUT2D eigenvalue weighted by atomic mass is 16.6. The quantitative estimate of drug-likeness (QED) is 0.381. The van der Waals surface area contributed by atoms with Gasteiger partial charge >= 0.3 is 0 Å². The van der Waals surface area contributed by atoms with E-state index in [9.17, 15) is 25.0 Å². The molecule has 0 aliphatic heterocycles. The molecule has 0 saturated heterocycles. The van der Waals surface area contributed by atoms with Crippen LogP contribution in [0.3, 0.4) is 0 Å². The Balaban J connectivity index is 2.57. The summed E-state index contributed by atoms with van der Waals surface area (Å²) < 4.78 is 0. The fraction of sp³-hybridized carbons (Fsp3) is 0. The van der Waals surface area contributed by atoms with Crippen LogP contribution < -0.4 is 11.3 Å². The van der Waals surface area contributed by atoms with Gasteiger partial charge in [0.15, 0.2) is 0 Å². The first kappa shape index (κ1) is 15.1. The Morgan fingerprint density at radius 1 is 1.00 bits per heavy atom. The molecule has 0 saturated carbocycles. The van der Waals surface area contributed by atoms with E-state index in [2.05, 4.69) is 0 Å². The number of rotatable bonds is 4. The molecule has 22 heavy (non-hydrogen) atoms. The van der Waals surface area contributed by atoms with E-state index in [1.54, 1.807) is 0 Å². The molecule has 0 heterocycles. The molecule has 112 valence electrons. The monoisotopic (exact) mass is 302 g/mol. The molecule has 2 rings (SSSR count). The topological polar surface area (TPSA) is 141 Å². The molecule has 2 aromatic rings. The molecule has 2 aromatic carbocycles. The molecule has 1 amide bonds. The standard InChI is InChI=1S/C13H10N4O5/c14-15-13(18)9-3-6-12(17(21)22)11(7-9)8-1-4-10(5-2-8)16(19)20/h1-7H,14H2,(H,15,18). The number of nitro benzene ring substituents is 2. The van der Waals surface area contributed by atoms with Crippen LogP contribution in [0.5, 0.6) is 0 Å². The van der Waals surface area contributed by atoms with Gasteiger partial charge < -0.3 is 0 Å². The third-order valence-corrected chi connectivity index (χ3v) is 2.98. The highest BCUT2D eigenvalue weighted by Gasteiger charge is 2.18. The van der Waals surface area contributed by atoms with Crippen molar-refractivity contribution >= 4 is 17.3 Å². The second kappa shape index (κ2) is 5.97. The van der Waals surface area contributed by atoms with E-state index >= 15 is 0 Å². The Morgan fingerprint density at radius 2 is 1.64 bits per heavy atom. The zero-order valence-corrected chi connectivity index (χ0v) is 11.1. The molecular weight excluding hydrogens is 292 g/mol. The van der Waals surface area contributed by atoms with E-state index in [0.717, 1.165) is 0 Å². The number of nitrogen functional groups attached to an aromatic ring is 1. The molecule has 9 heteroatoms. The predicted octanol–water partition coefficient (Wildman–Crippen LogP) is 1.77. The van der Waals surface area contributed by atoms with Gasteiger partial charge in [0.1, 0.15) is 0 Å². The summed E-state index contributed by atoms with van der Waals surface area (Å²) in [6.07, 6.45) is 0. The number of carbonyl (C=O) groups excluding carboxylic acids is 1. The van der Waals surface area contributed by atoms with Crippen molar-refractivity contribution in [2.75, 3.05) is 0 Å². The van der Waals surface area contributed by atoms with Crippen LogP contribution in [0.4, 0.5) is 11.4 Å². The normalized spacial score (nSPS) is 10.0. The molecule has 0 fully saturated rings. The maximum absolute atomic E-state index is 11.5. The van der Waals surface area contributed by atoms with Gasteiger partial charge in [0, 0.05) is 23.8 Å². The first-order chi connectivity index (χ1) is 10.4. The van der Waals surface area contributed by atoms with E-state index in [-0.39, 0.29) is 22.5 Å². The number of nitro groups is 2. The molecular formula is C13H10N4O5. The number of nitrogens with two attached hydrogens (primary N) is 1. The molecule has 0 aromatic heterocycles. The highest BCUT2D eigenvalue weighted by Crippen LogP contribution is 2.31. The van der Waals surface area contributed by atoms with Gasteiger partial charge in [0.05, 0.1) is 15.4 Å². The number of carbonyl (C=O) groups is 1. The minimum absolute atomic E-state index is 0.137. The van der Waals surface area contributed by atoms with Gasteiger partial charge in [-0.3, -0.25) is 30.4 Å². The molecule has 0 aliphatic carbocycles. The van der Waals surface area contributed by atoms with Crippen LogP contribution in [-0.2, 0) is 0 Å². The summed E-state index contributed by atoms with van der Waals surface area (Å²) in [6, 6.07) is 8.98. The minimum atomic E-state index is -0.599. The zero-order valence-electron chi connectivity index (χ0n) is 11.1. The molecule has 0 unspecified atom stereocenters. The lowest BCUT2D eigenvalue weighted by molar-refractivity contribution is -0.385. The van der Waals surface area contributed by atoms with Gasteiger partial charge in [-0.2, -0.15) is 0 Å². The van der Waals surface area contributed by atoms with Crippen LogP contribution in [0, 0.1) is 20.2 Å². The fourth-order valence-electron chi connectivity index (χ4n) is 1.91. The van der Waals surface area contributed by atoms with E-state index < -0.39 is 15.8 Å². The van der Waals surface area contributed by atoms with Crippen LogP contribution in [-0.4, -0.2) is 15.8 Å². The number of nitrogens with one attached hydrogen (secondary N) is 1. The van der Waals surface area contributed by atoms with Crippen LogP contribution in [0.15, 0.2) is 42.5 Å². The Bertz CT molecular complexity index is 758. The van der Waals surface area contributed by atoms with E-state index in [1.165, 1.54) is 42.5 Å². The predicted molar refractivity (Wildman–Crippen MR) is 76.8 cm³/mol. The third-order valence-electron chi connectivity index (χ3n) is 2.98. The van der Waals surface area contributed by atoms with Crippen molar-refractivity contribution in [3.05, 3.63) is 68.3 Å². The second-order valence-corrected chi connectivity index (χ2v) is 4.27. The number of hydrogen-bond donors (Lipinski definition) is 2. The first-order valence-electron chi connectivity index (χ1n) is 5.98. The van der Waals surface area contributed by atoms with Crippen molar-refractivity contribution in [1.29, 1.82) is 0 Å². The van der Waals surface area contributed by atoms with Crippen molar-refractivity contribution < 1.29 is 14.6 Å². The molecule has 0 atom stereocenters. The Kier molecular flexibility index (Phi) is 4.09. The minimum Gasteiger partial charge on any atom is -0.290 e. The maximum atomic E-state index is 11.5. The lowest BCUT2D eigenvalue weighted by atomic mass is 10.0. The van der Waals surface area contributed by atoms with Gasteiger partial charge in [-0.1, -0.05) is 0 Å². The van der Waals surface area contributed by atoms with Crippen LogP contribution >= 0.6 is 0 Å². The van der Waals surface area contributed by atoms with Gasteiger partial charge in [-0.15, -0.1) is 0 Å². The number of non-ortho nitro benzene ring substituents is 1. The summed E-state index contributed by atoms with van der Waals surface area (Å²) in [5, 5.41) is 21.7. The van der Waals surface area contributed by atoms with Crippen LogP contribution in [0.25, 0.3) is 11.1 Å². The summed E-state index contributed by atoms with van der Waals surface area (Å²) in [5.41, 5.74) is 2.26. The van der Waals surface area contributed by atoms with E-state index in [0.29, 0.717) is 5.56 Å². The van der Waals surface area contributed by atoms with Crippen LogP contribution in [0.2, 0.25) is 0 Å². The molecule has 0 aliphatic rings. The third kappa shape index (κ3) is 2.88. The smallest absolute Gasteiger partial charge is 0.277 e. The van der Waals surface area contributed by atoms with Crippen molar-refractivity contribution in [2.24, 2.45) is 5.84 Å². The lowest BCUT2D eigenvalue weighted by Gasteiger charge is -2.06. The van der Waals surface area contributed by atoms with Crippen molar-refractivity contribution in [1.82, 2.24) is 5.43 Å². The van der Waals surface area contributed by atoms with E-state index in [4.69, 9.17) is 5.84 Å². The molecule has 0 radical (unpaired) electrons. The van der Waals surface area contributed by atoms with Crippen molar-refractivity contribution in [3.8, 4) is 11.1 Å². The Hall–Kier alpha value is -3.33. The average Bonchev–Trinajstić information content (AvgIpc) is 2.53. The molecule has 0 spiro atoms. The van der Waals surface area contributed by atoms with Gasteiger partial charge in [-0.05, 0) is 29.8 Å². The molecule has 9 nitrogen and oxygen atoms in total. The summed E-state index contributed by atoms with van der Waals surface area (Å²) in [7, 11) is 0. The highest BCUT2D eigenvalue weighted by molar-refractivity contribution is 5.96. The van der Waals surface area contributed by atoms with Gasteiger partial charge in [0.25, 0.3) is 17.3 Å². The van der Waals surface area contributed by atoms with Crippen LogP contribution in [0.1, 0.15) is 10.4 Å². The van der Waals surface area contributed by atoms with Crippen molar-refractivity contribution in [3.63, 3.8) is 0 Å². The maximum Gasteiger partial charge on any atom is 0.277 e. The summed E-state index contributed by atoms with van der Waals surface area (Å²) in [4.78, 5) is 32.1. The Morgan fingerprint density at radius 3 is 2.14 bits per heavy atom. The number of nitrogens with zero attached hydrogens (tertiary/aromatic N) is 2. The fourth-order valence-corrected chi connectivity index (χ4v) is 1.91. The zero-order chi connectivity index (χ0) is 16.3. The summed E-state index contributed by atoms with van der Waals surface area (Å²) in [6.45, 7) is 0. The first-order valence-corrected chi connectivity index (χ1v) is 5.98. The lowest BCUT2D eigenvalue weighted by Crippen LogP contribution is -2.29. The SMILES string of the molecule is NNC(=O)c1ccc([N+](=O)[O-])c(-c2ccc([N+](=O)[O-])cc2)c1. The summed E-state index contributed by atoms with van der Waals surface area (Å²) in [5.74, 6) is 4.44. The number of amides is 1.